The Labute approximate surface area is 144 Å². The molecule has 1 N–H and O–H groups in total. The lowest BCUT2D eigenvalue weighted by molar-refractivity contribution is -0.0193. The van der Waals surface area contributed by atoms with Gasteiger partial charge in [0.05, 0.1) is 24.4 Å². The van der Waals surface area contributed by atoms with Gasteiger partial charge in [-0.25, -0.2) is 4.98 Å². The van der Waals surface area contributed by atoms with Gasteiger partial charge >= 0.3 is 0 Å². The largest absolute Gasteiger partial charge is 0.439 e. The van der Waals surface area contributed by atoms with Crippen molar-refractivity contribution < 1.29 is 9.15 Å². The normalized spacial score (nSPS) is 20.2. The Balaban J connectivity index is 1.67. The van der Waals surface area contributed by atoms with Crippen molar-refractivity contribution in [3.8, 4) is 11.3 Å². The zero-order valence-electron chi connectivity index (χ0n) is 14.8. The molecule has 3 rings (SSSR count). The summed E-state index contributed by atoms with van der Waals surface area (Å²) in [6.45, 7) is 7.77. The van der Waals surface area contributed by atoms with E-state index in [0.717, 1.165) is 55.6 Å². The number of hydrogen-bond acceptors (Lipinski definition) is 5. The van der Waals surface area contributed by atoms with E-state index in [9.17, 15) is 0 Å². The minimum Gasteiger partial charge on any atom is -0.439 e. The molecule has 2 atom stereocenters. The zero-order chi connectivity index (χ0) is 16.9. The fourth-order valence-electron chi connectivity index (χ4n) is 3.00. The molecular formula is C19H27N3O2. The number of likely N-dealkylation sites (N-methyl/N-ethyl adjacent to an activating group) is 1. The van der Waals surface area contributed by atoms with Crippen LogP contribution in [0.15, 0.2) is 34.7 Å². The molecule has 1 aromatic heterocycles. The number of oxazole rings is 1. The third-order valence-corrected chi connectivity index (χ3v) is 4.45. The van der Waals surface area contributed by atoms with Crippen molar-refractivity contribution in [2.75, 3.05) is 33.3 Å². The van der Waals surface area contributed by atoms with Crippen LogP contribution >= 0.6 is 0 Å². The van der Waals surface area contributed by atoms with Crippen molar-refractivity contribution in [1.29, 1.82) is 0 Å². The molecule has 130 valence electrons. The fourth-order valence-corrected chi connectivity index (χ4v) is 3.00. The van der Waals surface area contributed by atoms with Gasteiger partial charge in [0.2, 0.25) is 5.89 Å². The molecule has 5 heteroatoms. The topological polar surface area (TPSA) is 50.5 Å². The van der Waals surface area contributed by atoms with Crippen molar-refractivity contribution in [3.63, 3.8) is 0 Å². The summed E-state index contributed by atoms with van der Waals surface area (Å²) in [5.74, 6) is 1.63. The van der Waals surface area contributed by atoms with Crippen LogP contribution in [0.2, 0.25) is 0 Å². The van der Waals surface area contributed by atoms with Crippen LogP contribution in [0.25, 0.3) is 11.3 Å². The number of nitrogens with one attached hydrogen (secondary N) is 1. The van der Waals surface area contributed by atoms with Gasteiger partial charge in [-0.2, -0.15) is 0 Å². The lowest BCUT2D eigenvalue weighted by Gasteiger charge is -2.30. The van der Waals surface area contributed by atoms with E-state index in [1.54, 1.807) is 0 Å². The maximum atomic E-state index is 6.09. The number of aryl methyl sites for hydroxylation is 1. The van der Waals surface area contributed by atoms with Gasteiger partial charge in [0.25, 0.3) is 0 Å². The van der Waals surface area contributed by atoms with Gasteiger partial charge in [-0.05, 0) is 20.4 Å². The van der Waals surface area contributed by atoms with Crippen LogP contribution < -0.4 is 5.32 Å². The van der Waals surface area contributed by atoms with Crippen LogP contribution in [0.4, 0.5) is 0 Å². The number of hydrogen-bond donors (Lipinski definition) is 1. The van der Waals surface area contributed by atoms with Crippen LogP contribution in [-0.2, 0) is 11.2 Å². The summed E-state index contributed by atoms with van der Waals surface area (Å²) in [6.07, 6.45) is 1.08. The Kier molecular flexibility index (Phi) is 5.66. The standard InChI is InChI=1S/C19H27N3O2/c1-4-17-18(15-8-6-5-7-9-15)24-19(21-17)14(2)20-12-16-13-22(3)10-11-23-16/h5-9,14,16,20H,4,10-13H2,1-3H3/t14-,16-/m0/s1. The smallest absolute Gasteiger partial charge is 0.212 e. The molecule has 0 unspecified atom stereocenters. The minimum atomic E-state index is 0.0589. The van der Waals surface area contributed by atoms with Crippen LogP contribution in [-0.4, -0.2) is 49.3 Å². The molecule has 1 saturated heterocycles. The Bertz CT molecular complexity index is 641. The van der Waals surface area contributed by atoms with Gasteiger partial charge < -0.3 is 19.4 Å². The van der Waals surface area contributed by atoms with Crippen molar-refractivity contribution in [1.82, 2.24) is 15.2 Å². The highest BCUT2D eigenvalue weighted by molar-refractivity contribution is 5.59. The number of ether oxygens (including phenoxy) is 1. The summed E-state index contributed by atoms with van der Waals surface area (Å²) in [6, 6.07) is 10.2. The van der Waals surface area contributed by atoms with Gasteiger partial charge in [0, 0.05) is 25.2 Å². The Morgan fingerprint density at radius 3 is 2.83 bits per heavy atom. The molecule has 2 aromatic rings. The first kappa shape index (κ1) is 17.1. The van der Waals surface area contributed by atoms with E-state index in [-0.39, 0.29) is 12.1 Å². The SMILES string of the molecule is CCc1nc([C@H](C)NC[C@H]2CN(C)CCO2)oc1-c1ccccc1. The Hall–Kier alpha value is -1.69. The quantitative estimate of drug-likeness (QED) is 0.883. The van der Waals surface area contributed by atoms with Gasteiger partial charge in [-0.3, -0.25) is 0 Å². The van der Waals surface area contributed by atoms with Gasteiger partial charge in [0.1, 0.15) is 0 Å². The molecule has 0 spiro atoms. The minimum absolute atomic E-state index is 0.0589. The molecule has 1 aliphatic rings. The van der Waals surface area contributed by atoms with E-state index in [4.69, 9.17) is 14.1 Å². The molecule has 24 heavy (non-hydrogen) atoms. The van der Waals surface area contributed by atoms with Crippen LogP contribution in [0.3, 0.4) is 0 Å². The zero-order valence-corrected chi connectivity index (χ0v) is 14.8. The summed E-state index contributed by atoms with van der Waals surface area (Å²) in [5.41, 5.74) is 2.09. The van der Waals surface area contributed by atoms with Crippen LogP contribution in [0.5, 0.6) is 0 Å². The molecule has 5 nitrogen and oxygen atoms in total. The Morgan fingerprint density at radius 1 is 1.33 bits per heavy atom. The van der Waals surface area contributed by atoms with Crippen LogP contribution in [0.1, 0.15) is 31.5 Å². The van der Waals surface area contributed by atoms with E-state index >= 15 is 0 Å². The first-order valence-corrected chi connectivity index (χ1v) is 8.76. The first-order chi connectivity index (χ1) is 11.7. The molecule has 0 bridgehead atoms. The second-order valence-electron chi connectivity index (χ2n) is 6.43. The maximum Gasteiger partial charge on any atom is 0.212 e. The van der Waals surface area contributed by atoms with Crippen molar-refractivity contribution in [2.45, 2.75) is 32.4 Å². The summed E-state index contributed by atoms with van der Waals surface area (Å²) >= 11 is 0. The maximum absolute atomic E-state index is 6.09. The summed E-state index contributed by atoms with van der Waals surface area (Å²) in [7, 11) is 2.13. The van der Waals surface area contributed by atoms with E-state index in [1.807, 2.05) is 18.2 Å². The third kappa shape index (κ3) is 4.04. The number of benzene rings is 1. The lowest BCUT2D eigenvalue weighted by Crippen LogP contribution is -2.45. The van der Waals surface area contributed by atoms with E-state index < -0.39 is 0 Å². The Morgan fingerprint density at radius 2 is 2.12 bits per heavy atom. The molecule has 2 heterocycles. The average Bonchev–Trinajstić information content (AvgIpc) is 3.05. The van der Waals surface area contributed by atoms with E-state index in [1.165, 1.54) is 0 Å². The van der Waals surface area contributed by atoms with Gasteiger partial charge in [-0.15, -0.1) is 0 Å². The molecule has 0 aliphatic carbocycles. The first-order valence-electron chi connectivity index (χ1n) is 8.76. The number of aromatic nitrogens is 1. The third-order valence-electron chi connectivity index (χ3n) is 4.45. The van der Waals surface area contributed by atoms with E-state index in [2.05, 4.69) is 43.2 Å². The summed E-state index contributed by atoms with van der Waals surface area (Å²) in [4.78, 5) is 7.00. The molecule has 0 amide bonds. The lowest BCUT2D eigenvalue weighted by atomic mass is 10.1. The predicted molar refractivity (Wildman–Crippen MR) is 95.0 cm³/mol. The van der Waals surface area contributed by atoms with Crippen molar-refractivity contribution in [2.24, 2.45) is 0 Å². The number of morpholine rings is 1. The molecule has 1 aromatic carbocycles. The number of nitrogens with zero attached hydrogens (tertiary/aromatic N) is 2. The van der Waals surface area contributed by atoms with Crippen molar-refractivity contribution in [3.05, 3.63) is 41.9 Å². The van der Waals surface area contributed by atoms with Crippen molar-refractivity contribution >= 4 is 0 Å². The number of rotatable bonds is 6. The second-order valence-corrected chi connectivity index (χ2v) is 6.43. The predicted octanol–water partition coefficient (Wildman–Crippen LogP) is 2.89. The van der Waals surface area contributed by atoms with Gasteiger partial charge in [-0.1, -0.05) is 37.3 Å². The van der Waals surface area contributed by atoms with E-state index in [0.29, 0.717) is 0 Å². The summed E-state index contributed by atoms with van der Waals surface area (Å²) < 4.78 is 11.9. The average molecular weight is 329 g/mol. The summed E-state index contributed by atoms with van der Waals surface area (Å²) in [5, 5.41) is 3.50. The monoisotopic (exact) mass is 329 g/mol. The van der Waals surface area contributed by atoms with Gasteiger partial charge in [0.15, 0.2) is 5.76 Å². The molecule has 0 saturated carbocycles. The van der Waals surface area contributed by atoms with Crippen LogP contribution in [0, 0.1) is 0 Å². The molecule has 1 fully saturated rings. The molecule has 0 radical (unpaired) electrons. The second kappa shape index (κ2) is 7.92. The highest BCUT2D eigenvalue weighted by atomic mass is 16.5. The molecular weight excluding hydrogens is 302 g/mol. The highest BCUT2D eigenvalue weighted by Crippen LogP contribution is 2.27. The fraction of sp³-hybridized carbons (Fsp3) is 0.526. The molecule has 1 aliphatic heterocycles. The highest BCUT2D eigenvalue weighted by Gasteiger charge is 2.21.